The molecule has 4 nitrogen and oxygen atoms in total. The lowest BCUT2D eigenvalue weighted by Crippen LogP contribution is -2.42. The molecule has 2 aliphatic rings. The summed E-state index contributed by atoms with van der Waals surface area (Å²) < 4.78 is 0.892. The number of nitrogens with zero attached hydrogens (tertiary/aromatic N) is 2. The first kappa shape index (κ1) is 15.5. The number of anilines is 1. The third kappa shape index (κ3) is 3.05. The van der Waals surface area contributed by atoms with Crippen LogP contribution >= 0.6 is 15.9 Å². The summed E-state index contributed by atoms with van der Waals surface area (Å²) in [7, 11) is 0. The molecule has 2 heterocycles. The largest absolute Gasteiger partial charge is 0.342 e. The van der Waals surface area contributed by atoms with E-state index in [9.17, 15) is 9.59 Å². The highest BCUT2D eigenvalue weighted by Crippen LogP contribution is 2.32. The highest BCUT2D eigenvalue weighted by Gasteiger charge is 2.38. The van der Waals surface area contributed by atoms with Crippen LogP contribution in [0, 0.1) is 11.8 Å². The topological polar surface area (TPSA) is 40.6 Å². The molecule has 118 valence electrons. The Morgan fingerprint density at radius 1 is 1.23 bits per heavy atom. The quantitative estimate of drug-likeness (QED) is 0.808. The zero-order chi connectivity index (χ0) is 15.7. The summed E-state index contributed by atoms with van der Waals surface area (Å²) in [5, 5.41) is 0. The molecule has 1 aromatic rings. The maximum absolute atomic E-state index is 12.6. The summed E-state index contributed by atoms with van der Waals surface area (Å²) in [5.41, 5.74) is 0.857. The van der Waals surface area contributed by atoms with Crippen molar-refractivity contribution in [3.63, 3.8) is 0 Å². The van der Waals surface area contributed by atoms with Crippen LogP contribution in [-0.4, -0.2) is 36.3 Å². The monoisotopic (exact) mass is 364 g/mol. The van der Waals surface area contributed by atoms with Crippen LogP contribution in [0.15, 0.2) is 28.7 Å². The number of piperidine rings is 1. The van der Waals surface area contributed by atoms with Crippen molar-refractivity contribution >= 4 is 33.4 Å². The van der Waals surface area contributed by atoms with Crippen LogP contribution in [0.5, 0.6) is 0 Å². The fourth-order valence-corrected chi connectivity index (χ4v) is 3.76. The highest BCUT2D eigenvalue weighted by atomic mass is 79.9. The first-order valence-corrected chi connectivity index (χ1v) is 8.69. The molecular weight excluding hydrogens is 344 g/mol. The van der Waals surface area contributed by atoms with E-state index in [0.29, 0.717) is 18.9 Å². The maximum atomic E-state index is 12.6. The summed E-state index contributed by atoms with van der Waals surface area (Å²) >= 11 is 3.48. The average Bonchev–Trinajstić information content (AvgIpc) is 2.90. The number of rotatable bonds is 2. The fourth-order valence-electron chi connectivity index (χ4n) is 3.26. The van der Waals surface area contributed by atoms with Gasteiger partial charge in [-0.2, -0.15) is 0 Å². The van der Waals surface area contributed by atoms with Crippen molar-refractivity contribution in [3.8, 4) is 0 Å². The van der Waals surface area contributed by atoms with Crippen LogP contribution in [0.4, 0.5) is 5.69 Å². The van der Waals surface area contributed by atoms with E-state index in [1.165, 1.54) is 0 Å². The first-order chi connectivity index (χ1) is 10.6. The SMILES string of the molecule is CC1CCN(C(=O)C2CC(=O)N(c3ccccc3Br)C2)CC1. The van der Waals surface area contributed by atoms with Gasteiger partial charge in [-0.1, -0.05) is 19.1 Å². The van der Waals surface area contributed by atoms with Gasteiger partial charge in [-0.05, 0) is 46.8 Å². The second kappa shape index (κ2) is 6.41. The second-order valence-corrected chi connectivity index (χ2v) is 7.22. The molecule has 2 fully saturated rings. The van der Waals surface area contributed by atoms with E-state index in [2.05, 4.69) is 22.9 Å². The van der Waals surface area contributed by atoms with Gasteiger partial charge in [-0.15, -0.1) is 0 Å². The summed E-state index contributed by atoms with van der Waals surface area (Å²) in [6, 6.07) is 7.67. The Morgan fingerprint density at radius 3 is 2.59 bits per heavy atom. The molecule has 1 unspecified atom stereocenters. The predicted molar refractivity (Wildman–Crippen MR) is 89.6 cm³/mol. The van der Waals surface area contributed by atoms with Crippen LogP contribution < -0.4 is 4.90 Å². The molecule has 2 saturated heterocycles. The predicted octanol–water partition coefficient (Wildman–Crippen LogP) is 3.06. The molecule has 0 aliphatic carbocycles. The molecule has 0 aromatic heterocycles. The van der Waals surface area contributed by atoms with E-state index in [1.807, 2.05) is 29.2 Å². The Bertz CT molecular complexity index is 582. The van der Waals surface area contributed by atoms with Crippen molar-refractivity contribution in [3.05, 3.63) is 28.7 Å². The van der Waals surface area contributed by atoms with Gasteiger partial charge in [0, 0.05) is 30.5 Å². The van der Waals surface area contributed by atoms with Gasteiger partial charge in [0.25, 0.3) is 0 Å². The lowest BCUT2D eigenvalue weighted by molar-refractivity contribution is -0.137. The number of para-hydroxylation sites is 1. The lowest BCUT2D eigenvalue weighted by atomic mass is 9.97. The maximum Gasteiger partial charge on any atom is 0.228 e. The van der Waals surface area contributed by atoms with E-state index in [4.69, 9.17) is 0 Å². The second-order valence-electron chi connectivity index (χ2n) is 6.36. The van der Waals surface area contributed by atoms with Crippen molar-refractivity contribution in [1.29, 1.82) is 0 Å². The molecule has 0 N–H and O–H groups in total. The van der Waals surface area contributed by atoms with Gasteiger partial charge in [0.15, 0.2) is 0 Å². The molecule has 1 aromatic carbocycles. The summed E-state index contributed by atoms with van der Waals surface area (Å²) in [6.45, 7) is 4.39. The third-order valence-corrected chi connectivity index (χ3v) is 5.38. The van der Waals surface area contributed by atoms with E-state index in [0.717, 1.165) is 36.1 Å². The number of hydrogen-bond acceptors (Lipinski definition) is 2. The summed E-state index contributed by atoms with van der Waals surface area (Å²) in [5.74, 6) is 0.685. The number of likely N-dealkylation sites (tertiary alicyclic amines) is 1. The van der Waals surface area contributed by atoms with E-state index in [1.54, 1.807) is 4.90 Å². The smallest absolute Gasteiger partial charge is 0.228 e. The number of carbonyl (C=O) groups excluding carboxylic acids is 2. The van der Waals surface area contributed by atoms with Crippen LogP contribution in [0.25, 0.3) is 0 Å². The van der Waals surface area contributed by atoms with Gasteiger partial charge >= 0.3 is 0 Å². The van der Waals surface area contributed by atoms with Gasteiger partial charge in [0.2, 0.25) is 11.8 Å². The molecule has 1 atom stereocenters. The highest BCUT2D eigenvalue weighted by molar-refractivity contribution is 9.10. The van der Waals surface area contributed by atoms with Crippen molar-refractivity contribution < 1.29 is 9.59 Å². The van der Waals surface area contributed by atoms with Crippen LogP contribution in [0.1, 0.15) is 26.2 Å². The minimum absolute atomic E-state index is 0.0376. The molecule has 2 amide bonds. The van der Waals surface area contributed by atoms with Crippen molar-refractivity contribution in [2.24, 2.45) is 11.8 Å². The zero-order valence-electron chi connectivity index (χ0n) is 12.8. The Kier molecular flexibility index (Phi) is 4.52. The number of carbonyl (C=O) groups is 2. The van der Waals surface area contributed by atoms with Crippen LogP contribution in [0.3, 0.4) is 0 Å². The summed E-state index contributed by atoms with van der Waals surface area (Å²) in [4.78, 5) is 28.6. The third-order valence-electron chi connectivity index (χ3n) is 4.71. The Hall–Kier alpha value is -1.36. The van der Waals surface area contributed by atoms with Gasteiger partial charge in [-0.3, -0.25) is 9.59 Å². The number of amides is 2. The molecule has 5 heteroatoms. The van der Waals surface area contributed by atoms with Crippen LogP contribution in [-0.2, 0) is 9.59 Å². The van der Waals surface area contributed by atoms with Crippen molar-refractivity contribution in [2.75, 3.05) is 24.5 Å². The molecule has 0 radical (unpaired) electrons. The number of hydrogen-bond donors (Lipinski definition) is 0. The molecule has 0 bridgehead atoms. The zero-order valence-corrected chi connectivity index (χ0v) is 14.4. The van der Waals surface area contributed by atoms with E-state index in [-0.39, 0.29) is 17.7 Å². The number of benzene rings is 1. The molecule has 22 heavy (non-hydrogen) atoms. The molecular formula is C17H21BrN2O2. The van der Waals surface area contributed by atoms with Crippen LogP contribution in [0.2, 0.25) is 0 Å². The van der Waals surface area contributed by atoms with Gasteiger partial charge in [-0.25, -0.2) is 0 Å². The minimum atomic E-state index is -0.201. The van der Waals surface area contributed by atoms with E-state index < -0.39 is 0 Å². The normalized spacial score (nSPS) is 23.2. The molecule has 0 saturated carbocycles. The fraction of sp³-hybridized carbons (Fsp3) is 0.529. The summed E-state index contributed by atoms with van der Waals surface area (Å²) in [6.07, 6.45) is 2.47. The lowest BCUT2D eigenvalue weighted by Gasteiger charge is -2.32. The minimum Gasteiger partial charge on any atom is -0.342 e. The van der Waals surface area contributed by atoms with Gasteiger partial charge in [0.1, 0.15) is 0 Å². The van der Waals surface area contributed by atoms with Gasteiger partial charge in [0.05, 0.1) is 11.6 Å². The molecule has 0 spiro atoms. The van der Waals surface area contributed by atoms with Crippen molar-refractivity contribution in [2.45, 2.75) is 26.2 Å². The van der Waals surface area contributed by atoms with Crippen molar-refractivity contribution in [1.82, 2.24) is 4.90 Å². The van der Waals surface area contributed by atoms with E-state index >= 15 is 0 Å². The Labute approximate surface area is 139 Å². The first-order valence-electron chi connectivity index (χ1n) is 7.90. The Balaban J connectivity index is 1.69. The molecule has 2 aliphatic heterocycles. The Morgan fingerprint density at radius 2 is 1.91 bits per heavy atom. The standard InChI is InChI=1S/C17H21BrN2O2/c1-12-6-8-19(9-7-12)17(22)13-10-16(21)20(11-13)15-5-3-2-4-14(15)18/h2-5,12-13H,6-11H2,1H3. The number of halogens is 1. The average molecular weight is 365 g/mol. The van der Waals surface area contributed by atoms with Gasteiger partial charge < -0.3 is 9.80 Å². The molecule has 3 rings (SSSR count).